The molecule has 10 rings (SSSR count). The predicted octanol–water partition coefficient (Wildman–Crippen LogP) is 14.4. The number of nitrogens with zero attached hydrogens (tertiary/aromatic N) is 1. The Morgan fingerprint density at radius 2 is 0.923 bits per heavy atom. The number of hydrogen-bond donors (Lipinski definition) is 0. The molecule has 0 spiro atoms. The van der Waals surface area contributed by atoms with Gasteiger partial charge >= 0.3 is 0 Å². The fourth-order valence-electron chi connectivity index (χ4n) is 7.85. The van der Waals surface area contributed by atoms with E-state index in [0.717, 1.165) is 44.6 Å². The molecule has 0 amide bonds. The molecule has 0 saturated carbocycles. The second kappa shape index (κ2) is 12.5. The highest BCUT2D eigenvalue weighted by Gasteiger charge is 2.20. The topological polar surface area (TPSA) is 16.4 Å². The summed E-state index contributed by atoms with van der Waals surface area (Å²) in [4.78, 5) is 2.38. The van der Waals surface area contributed by atoms with Gasteiger partial charge in [-0.05, 0) is 92.0 Å². The van der Waals surface area contributed by atoms with Crippen LogP contribution in [0, 0.1) is 0 Å². The van der Waals surface area contributed by atoms with E-state index in [9.17, 15) is 0 Å². The minimum absolute atomic E-state index is 0.869. The van der Waals surface area contributed by atoms with Crippen LogP contribution in [-0.4, -0.2) is 0 Å². The van der Waals surface area contributed by atoms with Gasteiger partial charge in [-0.2, -0.15) is 0 Å². The Morgan fingerprint density at radius 1 is 0.327 bits per heavy atom. The van der Waals surface area contributed by atoms with E-state index in [-0.39, 0.29) is 0 Å². The van der Waals surface area contributed by atoms with Gasteiger partial charge in [0.25, 0.3) is 0 Å². The molecule has 0 saturated heterocycles. The third kappa shape index (κ3) is 5.04. The molecule has 0 bridgehead atoms. The zero-order valence-corrected chi connectivity index (χ0v) is 28.4. The molecule has 0 aliphatic rings. The third-order valence-electron chi connectivity index (χ3n) is 10.3. The van der Waals surface area contributed by atoms with Crippen LogP contribution in [0.4, 0.5) is 17.1 Å². The van der Waals surface area contributed by atoms with Crippen molar-refractivity contribution in [3.63, 3.8) is 0 Å². The standard InChI is InChI=1S/C50H33NO/c1-3-13-34(14-4-1)35-25-27-38(28-26-35)51(47-23-11-18-37-17-7-8-19-41(37)47)39-29-32-48-46(33-39)50-45(22-12-24-49(50)52-48)44-31-30-40(36-15-5-2-6-16-36)42-20-9-10-21-43(42)44/h1-33H. The van der Waals surface area contributed by atoms with Crippen LogP contribution in [0.1, 0.15) is 0 Å². The van der Waals surface area contributed by atoms with Crippen LogP contribution in [-0.2, 0) is 0 Å². The third-order valence-corrected chi connectivity index (χ3v) is 10.3. The Morgan fingerprint density at radius 3 is 1.71 bits per heavy atom. The summed E-state index contributed by atoms with van der Waals surface area (Å²) < 4.78 is 6.58. The van der Waals surface area contributed by atoms with E-state index in [0.29, 0.717) is 0 Å². The Hall–Kier alpha value is -6.90. The molecule has 0 fully saturated rings. The molecular formula is C50H33NO. The fraction of sp³-hybridized carbons (Fsp3) is 0. The molecule has 2 heteroatoms. The Bertz CT molecular complexity index is 2880. The average Bonchev–Trinajstić information content (AvgIpc) is 3.60. The number of hydrogen-bond acceptors (Lipinski definition) is 2. The van der Waals surface area contributed by atoms with E-state index in [1.54, 1.807) is 0 Å². The summed E-state index contributed by atoms with van der Waals surface area (Å²) in [6.07, 6.45) is 0. The highest BCUT2D eigenvalue weighted by molar-refractivity contribution is 6.17. The van der Waals surface area contributed by atoms with Crippen LogP contribution in [0.15, 0.2) is 205 Å². The molecule has 0 N–H and O–H groups in total. The van der Waals surface area contributed by atoms with Crippen molar-refractivity contribution in [3.8, 4) is 33.4 Å². The summed E-state index contributed by atoms with van der Waals surface area (Å²) >= 11 is 0. The normalized spacial score (nSPS) is 11.5. The lowest BCUT2D eigenvalue weighted by Crippen LogP contribution is -2.10. The second-order valence-electron chi connectivity index (χ2n) is 13.3. The molecule has 52 heavy (non-hydrogen) atoms. The summed E-state index contributed by atoms with van der Waals surface area (Å²) in [5.74, 6) is 0. The molecular weight excluding hydrogens is 631 g/mol. The van der Waals surface area contributed by atoms with Crippen LogP contribution < -0.4 is 4.90 Å². The van der Waals surface area contributed by atoms with Crippen molar-refractivity contribution in [2.24, 2.45) is 0 Å². The molecule has 10 aromatic rings. The van der Waals surface area contributed by atoms with E-state index in [1.807, 2.05) is 0 Å². The fourth-order valence-corrected chi connectivity index (χ4v) is 7.85. The van der Waals surface area contributed by atoms with Crippen LogP contribution in [0.5, 0.6) is 0 Å². The van der Waals surface area contributed by atoms with Gasteiger partial charge in [-0.1, -0.05) is 158 Å². The Kier molecular flexibility index (Phi) is 7.18. The zero-order valence-electron chi connectivity index (χ0n) is 28.4. The number of anilines is 3. The molecule has 0 unspecified atom stereocenters. The monoisotopic (exact) mass is 663 g/mol. The summed E-state index contributed by atoms with van der Waals surface area (Å²) in [7, 11) is 0. The lowest BCUT2D eigenvalue weighted by atomic mass is 9.90. The SMILES string of the molecule is c1ccc(-c2ccc(N(c3ccc4oc5cccc(-c6ccc(-c7ccccc7)c7ccccc67)c5c4c3)c3cccc4ccccc34)cc2)cc1. The smallest absolute Gasteiger partial charge is 0.136 e. The first kappa shape index (κ1) is 30.0. The summed E-state index contributed by atoms with van der Waals surface area (Å²) in [6.45, 7) is 0. The zero-order chi connectivity index (χ0) is 34.4. The molecule has 2 nitrogen and oxygen atoms in total. The van der Waals surface area contributed by atoms with Crippen molar-refractivity contribution in [2.75, 3.05) is 4.90 Å². The van der Waals surface area contributed by atoms with Crippen LogP contribution in [0.2, 0.25) is 0 Å². The Balaban J connectivity index is 1.18. The van der Waals surface area contributed by atoms with Crippen molar-refractivity contribution < 1.29 is 4.42 Å². The first-order valence-corrected chi connectivity index (χ1v) is 17.8. The van der Waals surface area contributed by atoms with Crippen molar-refractivity contribution in [3.05, 3.63) is 200 Å². The summed E-state index contributed by atoms with van der Waals surface area (Å²) in [6, 6.07) is 71.6. The second-order valence-corrected chi connectivity index (χ2v) is 13.3. The maximum atomic E-state index is 6.58. The first-order chi connectivity index (χ1) is 25.8. The molecule has 0 radical (unpaired) electrons. The molecule has 0 aliphatic heterocycles. The molecule has 1 aromatic heterocycles. The van der Waals surface area contributed by atoms with Gasteiger partial charge in [0.2, 0.25) is 0 Å². The van der Waals surface area contributed by atoms with Gasteiger partial charge in [-0.25, -0.2) is 0 Å². The maximum absolute atomic E-state index is 6.58. The first-order valence-electron chi connectivity index (χ1n) is 17.8. The van der Waals surface area contributed by atoms with Gasteiger partial charge in [0, 0.05) is 27.5 Å². The van der Waals surface area contributed by atoms with E-state index in [4.69, 9.17) is 4.42 Å². The summed E-state index contributed by atoms with van der Waals surface area (Å²) in [5, 5.41) is 7.06. The Labute approximate surface area is 302 Å². The van der Waals surface area contributed by atoms with Crippen molar-refractivity contribution in [1.82, 2.24) is 0 Å². The van der Waals surface area contributed by atoms with Crippen LogP contribution in [0.25, 0.3) is 76.9 Å². The molecule has 0 atom stereocenters. The van der Waals surface area contributed by atoms with Gasteiger partial charge in [0.15, 0.2) is 0 Å². The predicted molar refractivity (Wildman–Crippen MR) is 220 cm³/mol. The quantitative estimate of drug-likeness (QED) is 0.176. The van der Waals surface area contributed by atoms with Crippen molar-refractivity contribution in [1.29, 1.82) is 0 Å². The van der Waals surface area contributed by atoms with Crippen LogP contribution >= 0.6 is 0 Å². The van der Waals surface area contributed by atoms with Gasteiger partial charge in [-0.15, -0.1) is 0 Å². The van der Waals surface area contributed by atoms with Gasteiger partial charge < -0.3 is 9.32 Å². The average molecular weight is 664 g/mol. The minimum Gasteiger partial charge on any atom is -0.456 e. The highest BCUT2D eigenvalue weighted by Crippen LogP contribution is 2.45. The van der Waals surface area contributed by atoms with Crippen molar-refractivity contribution in [2.45, 2.75) is 0 Å². The maximum Gasteiger partial charge on any atom is 0.136 e. The van der Waals surface area contributed by atoms with E-state index >= 15 is 0 Å². The number of furan rings is 1. The molecule has 9 aromatic carbocycles. The number of benzene rings is 9. The lowest BCUT2D eigenvalue weighted by molar-refractivity contribution is 0.669. The van der Waals surface area contributed by atoms with Gasteiger partial charge in [-0.3, -0.25) is 0 Å². The van der Waals surface area contributed by atoms with Gasteiger partial charge in [0.05, 0.1) is 5.69 Å². The number of fused-ring (bicyclic) bond motifs is 5. The van der Waals surface area contributed by atoms with Crippen LogP contribution in [0.3, 0.4) is 0 Å². The van der Waals surface area contributed by atoms with E-state index in [2.05, 4.69) is 205 Å². The van der Waals surface area contributed by atoms with E-state index in [1.165, 1.54) is 49.4 Å². The lowest BCUT2D eigenvalue weighted by Gasteiger charge is -2.27. The summed E-state index contributed by atoms with van der Waals surface area (Å²) in [5.41, 5.74) is 12.2. The molecule has 244 valence electrons. The molecule has 0 aliphatic carbocycles. The largest absolute Gasteiger partial charge is 0.456 e. The highest BCUT2D eigenvalue weighted by atomic mass is 16.3. The van der Waals surface area contributed by atoms with E-state index < -0.39 is 0 Å². The van der Waals surface area contributed by atoms with Crippen molar-refractivity contribution >= 4 is 60.5 Å². The molecule has 1 heterocycles. The minimum atomic E-state index is 0.869. The van der Waals surface area contributed by atoms with Gasteiger partial charge in [0.1, 0.15) is 11.2 Å². The number of rotatable bonds is 6.